The molecule has 2 aromatic heterocycles. The van der Waals surface area contributed by atoms with Crippen molar-refractivity contribution in [2.24, 2.45) is 5.92 Å². The Labute approximate surface area is 200 Å². The topological polar surface area (TPSA) is 56.6 Å². The summed E-state index contributed by atoms with van der Waals surface area (Å²) in [7, 11) is 3.54. The summed E-state index contributed by atoms with van der Waals surface area (Å²) in [4.78, 5) is 15.3. The quantitative estimate of drug-likeness (QED) is 0.489. The van der Waals surface area contributed by atoms with E-state index in [0.29, 0.717) is 24.6 Å². The molecule has 1 aromatic carbocycles. The van der Waals surface area contributed by atoms with Crippen LogP contribution < -0.4 is 9.47 Å². The predicted molar refractivity (Wildman–Crippen MR) is 133 cm³/mol. The Hall–Kier alpha value is -2.80. The number of aromatic nitrogens is 2. The van der Waals surface area contributed by atoms with E-state index in [4.69, 9.17) is 14.6 Å². The maximum atomic E-state index is 13.6. The zero-order valence-corrected chi connectivity index (χ0v) is 21.4. The first kappa shape index (κ1) is 23.4. The molecule has 0 radical (unpaired) electrons. The lowest BCUT2D eigenvalue weighted by atomic mass is 9.96. The first-order chi connectivity index (χ1) is 15.6. The standard InChI is InChI=1S/C26H33N3O3S/c1-16(2)12-17-13-20-22(14-21(17)31-7)32-10-8-19-23(25(30)28(6)26(3,4)5)27-29(24(19)20)18-9-11-33-15-18/h9,11,13-16H,8,10,12H2,1-7H3. The van der Waals surface area contributed by atoms with Gasteiger partial charge in [-0.25, -0.2) is 4.68 Å². The van der Waals surface area contributed by atoms with Crippen molar-refractivity contribution in [3.63, 3.8) is 0 Å². The molecule has 0 saturated carbocycles. The number of carbonyl (C=O) groups excluding carboxylic acids is 1. The highest BCUT2D eigenvalue weighted by Gasteiger charge is 2.33. The van der Waals surface area contributed by atoms with E-state index in [9.17, 15) is 4.79 Å². The van der Waals surface area contributed by atoms with Crippen LogP contribution in [0.2, 0.25) is 0 Å². The third kappa shape index (κ3) is 4.38. The second-order valence-corrected chi connectivity index (χ2v) is 10.7. The Balaban J connectivity index is 1.98. The minimum atomic E-state index is -0.312. The first-order valence-corrected chi connectivity index (χ1v) is 12.3. The monoisotopic (exact) mass is 467 g/mol. The summed E-state index contributed by atoms with van der Waals surface area (Å²) in [6.45, 7) is 11.0. The second kappa shape index (κ2) is 8.86. The molecule has 0 unspecified atom stereocenters. The van der Waals surface area contributed by atoms with Crippen LogP contribution in [0.3, 0.4) is 0 Å². The number of hydrogen-bond donors (Lipinski definition) is 0. The number of carbonyl (C=O) groups is 1. The minimum Gasteiger partial charge on any atom is -0.496 e. The van der Waals surface area contributed by atoms with Crippen molar-refractivity contribution in [3.05, 3.63) is 45.8 Å². The summed E-state index contributed by atoms with van der Waals surface area (Å²) in [6.07, 6.45) is 1.49. The van der Waals surface area contributed by atoms with E-state index in [1.165, 1.54) is 0 Å². The molecule has 0 saturated heterocycles. The molecular formula is C26H33N3O3S. The van der Waals surface area contributed by atoms with Crippen LogP contribution >= 0.6 is 11.3 Å². The smallest absolute Gasteiger partial charge is 0.274 e. The molecule has 0 fully saturated rings. The van der Waals surface area contributed by atoms with Crippen molar-refractivity contribution in [1.82, 2.24) is 14.7 Å². The number of amides is 1. The lowest BCUT2D eigenvalue weighted by Crippen LogP contribution is -2.43. The third-order valence-electron chi connectivity index (χ3n) is 6.12. The highest BCUT2D eigenvalue weighted by molar-refractivity contribution is 7.08. The number of methoxy groups -OCH3 is 1. The molecule has 1 amide bonds. The molecular weight excluding hydrogens is 434 g/mol. The number of thiophene rings is 1. The summed E-state index contributed by atoms with van der Waals surface area (Å²) in [5.41, 5.74) is 5.07. The van der Waals surface area contributed by atoms with Crippen molar-refractivity contribution >= 4 is 17.2 Å². The van der Waals surface area contributed by atoms with Crippen LogP contribution in [-0.4, -0.2) is 46.9 Å². The second-order valence-electron chi connectivity index (χ2n) is 9.96. The molecule has 3 aromatic rings. The van der Waals surface area contributed by atoms with Crippen molar-refractivity contribution in [2.45, 2.75) is 53.0 Å². The summed E-state index contributed by atoms with van der Waals surface area (Å²) in [6, 6.07) is 6.17. The fourth-order valence-corrected chi connectivity index (χ4v) is 4.74. The molecule has 1 aliphatic rings. The van der Waals surface area contributed by atoms with Crippen LogP contribution in [0.4, 0.5) is 0 Å². The van der Waals surface area contributed by atoms with Gasteiger partial charge < -0.3 is 14.4 Å². The van der Waals surface area contributed by atoms with Gasteiger partial charge in [-0.15, -0.1) is 0 Å². The molecule has 33 heavy (non-hydrogen) atoms. The fourth-order valence-electron chi connectivity index (χ4n) is 4.13. The Morgan fingerprint density at radius 3 is 2.70 bits per heavy atom. The van der Waals surface area contributed by atoms with E-state index in [1.807, 2.05) is 50.0 Å². The van der Waals surface area contributed by atoms with Crippen LogP contribution in [0.5, 0.6) is 11.5 Å². The fraction of sp³-hybridized carbons (Fsp3) is 0.462. The van der Waals surface area contributed by atoms with Crippen LogP contribution in [0.1, 0.15) is 56.2 Å². The lowest BCUT2D eigenvalue weighted by molar-refractivity contribution is 0.0648. The van der Waals surface area contributed by atoms with Crippen molar-refractivity contribution < 1.29 is 14.3 Å². The van der Waals surface area contributed by atoms with Gasteiger partial charge in [0.05, 0.1) is 25.1 Å². The van der Waals surface area contributed by atoms with Gasteiger partial charge in [-0.05, 0) is 56.2 Å². The van der Waals surface area contributed by atoms with E-state index in [-0.39, 0.29) is 11.4 Å². The van der Waals surface area contributed by atoms with Gasteiger partial charge >= 0.3 is 0 Å². The molecule has 0 atom stereocenters. The van der Waals surface area contributed by atoms with Gasteiger partial charge in [-0.3, -0.25) is 4.79 Å². The highest BCUT2D eigenvalue weighted by atomic mass is 32.1. The summed E-state index contributed by atoms with van der Waals surface area (Å²) in [5.74, 6) is 1.99. The van der Waals surface area contributed by atoms with E-state index in [2.05, 4.69) is 25.3 Å². The van der Waals surface area contributed by atoms with E-state index < -0.39 is 0 Å². The van der Waals surface area contributed by atoms with Gasteiger partial charge in [0.25, 0.3) is 5.91 Å². The zero-order valence-electron chi connectivity index (χ0n) is 20.6. The average molecular weight is 468 g/mol. The van der Waals surface area contributed by atoms with Crippen LogP contribution in [-0.2, 0) is 12.8 Å². The third-order valence-corrected chi connectivity index (χ3v) is 6.79. The number of hydrogen-bond acceptors (Lipinski definition) is 5. The van der Waals surface area contributed by atoms with Crippen molar-refractivity contribution in [3.8, 4) is 28.4 Å². The van der Waals surface area contributed by atoms with Crippen LogP contribution in [0, 0.1) is 5.92 Å². The molecule has 0 aliphatic carbocycles. The van der Waals surface area contributed by atoms with Gasteiger partial charge in [-0.1, -0.05) is 13.8 Å². The molecule has 4 rings (SSSR count). The van der Waals surface area contributed by atoms with E-state index in [0.717, 1.165) is 46.0 Å². The Kier molecular flexibility index (Phi) is 6.27. The number of rotatable bonds is 5. The largest absolute Gasteiger partial charge is 0.496 e. The highest BCUT2D eigenvalue weighted by Crippen LogP contribution is 2.42. The maximum absolute atomic E-state index is 13.6. The Morgan fingerprint density at radius 1 is 1.33 bits per heavy atom. The summed E-state index contributed by atoms with van der Waals surface area (Å²) in [5, 5.41) is 8.97. The molecule has 0 bridgehead atoms. The molecule has 0 N–H and O–H groups in total. The van der Waals surface area contributed by atoms with Crippen molar-refractivity contribution in [2.75, 3.05) is 20.8 Å². The predicted octanol–water partition coefficient (Wildman–Crippen LogP) is 5.61. The zero-order chi connectivity index (χ0) is 23.9. The van der Waals surface area contributed by atoms with E-state index in [1.54, 1.807) is 23.3 Å². The minimum absolute atomic E-state index is 0.0768. The summed E-state index contributed by atoms with van der Waals surface area (Å²) >= 11 is 1.61. The normalized spacial score (nSPS) is 13.2. The van der Waals surface area contributed by atoms with Gasteiger partial charge in [0, 0.05) is 41.6 Å². The molecule has 7 heteroatoms. The number of ether oxygens (including phenoxy) is 2. The van der Waals surface area contributed by atoms with Gasteiger partial charge in [-0.2, -0.15) is 16.4 Å². The first-order valence-electron chi connectivity index (χ1n) is 11.4. The SMILES string of the molecule is COc1cc2c(cc1CC(C)C)-c1c(c(C(=O)N(C)C(C)(C)C)nn1-c1ccsc1)CCO2. The maximum Gasteiger partial charge on any atom is 0.274 e. The molecule has 6 nitrogen and oxygen atoms in total. The lowest BCUT2D eigenvalue weighted by Gasteiger charge is -2.31. The van der Waals surface area contributed by atoms with Gasteiger partial charge in [0.1, 0.15) is 11.5 Å². The van der Waals surface area contributed by atoms with Crippen molar-refractivity contribution in [1.29, 1.82) is 0 Å². The molecule has 176 valence electrons. The number of fused-ring (bicyclic) bond motifs is 3. The number of nitrogens with zero attached hydrogens (tertiary/aromatic N) is 3. The summed E-state index contributed by atoms with van der Waals surface area (Å²) < 4.78 is 13.8. The van der Waals surface area contributed by atoms with Gasteiger partial charge in [0.2, 0.25) is 0 Å². The van der Waals surface area contributed by atoms with E-state index >= 15 is 0 Å². The molecule has 3 heterocycles. The molecule has 1 aliphatic heterocycles. The number of benzene rings is 1. The molecule has 0 spiro atoms. The van der Waals surface area contributed by atoms with Crippen LogP contribution in [0.25, 0.3) is 16.9 Å². The van der Waals surface area contributed by atoms with Gasteiger partial charge in [0.15, 0.2) is 5.69 Å². The Bertz CT molecular complexity index is 1160. The average Bonchev–Trinajstić information content (AvgIpc) is 3.36. The van der Waals surface area contributed by atoms with Crippen LogP contribution in [0.15, 0.2) is 29.0 Å². The Morgan fingerprint density at radius 2 is 2.09 bits per heavy atom.